The Morgan fingerprint density at radius 2 is 2.07 bits per heavy atom. The van der Waals surface area contributed by atoms with E-state index in [9.17, 15) is 0 Å². The Morgan fingerprint density at radius 3 is 2.47 bits per heavy atom. The van der Waals surface area contributed by atoms with Crippen molar-refractivity contribution >= 4 is 11.6 Å². The normalized spacial score (nSPS) is 12.0. The molecule has 5 nitrogen and oxygen atoms in total. The van der Waals surface area contributed by atoms with E-state index in [1.165, 1.54) is 4.80 Å². The quantitative estimate of drug-likeness (QED) is 0.745. The van der Waals surface area contributed by atoms with E-state index < -0.39 is 0 Å². The Labute approximate surface area is 95.2 Å². The summed E-state index contributed by atoms with van der Waals surface area (Å²) in [6.07, 6.45) is 1.99. The molecular weight excluding hydrogens is 214 g/mol. The highest BCUT2D eigenvalue weighted by molar-refractivity contribution is 6.18. The summed E-state index contributed by atoms with van der Waals surface area (Å²) in [5.74, 6) is 1.30. The lowest BCUT2D eigenvalue weighted by Crippen LogP contribution is -2.45. The van der Waals surface area contributed by atoms with Crippen LogP contribution in [0.2, 0.25) is 0 Å². The molecule has 6 heteroatoms. The van der Waals surface area contributed by atoms with Gasteiger partial charge in [0.2, 0.25) is 0 Å². The van der Waals surface area contributed by atoms with Crippen molar-refractivity contribution in [2.24, 2.45) is 7.05 Å². The Kier molecular flexibility index (Phi) is 4.47. The topological polar surface area (TPSA) is 55.6 Å². The van der Waals surface area contributed by atoms with Crippen molar-refractivity contribution in [3.05, 3.63) is 5.82 Å². The van der Waals surface area contributed by atoms with Gasteiger partial charge in [-0.1, -0.05) is 13.8 Å². The summed E-state index contributed by atoms with van der Waals surface area (Å²) >= 11 is 5.97. The van der Waals surface area contributed by atoms with Gasteiger partial charge in [0.1, 0.15) is 0 Å². The van der Waals surface area contributed by atoms with Gasteiger partial charge in [-0.25, -0.2) is 0 Å². The summed E-state index contributed by atoms with van der Waals surface area (Å²) in [6, 6.07) is 0. The number of hydrogen-bond donors (Lipinski definition) is 1. The second-order valence-corrected chi connectivity index (χ2v) is 3.94. The summed E-state index contributed by atoms with van der Waals surface area (Å²) < 4.78 is 0. The first kappa shape index (κ1) is 12.4. The standard InChI is InChI=1S/C9H18ClN5/c1-4-9(5-2,7-10)11-6-8-12-14-15(3)13-8/h11H,4-7H2,1-3H3. The molecule has 0 aliphatic rings. The third-order valence-corrected chi connectivity index (χ3v) is 3.29. The van der Waals surface area contributed by atoms with Crippen LogP contribution < -0.4 is 5.32 Å². The third kappa shape index (κ3) is 3.14. The van der Waals surface area contributed by atoms with Gasteiger partial charge in [0.15, 0.2) is 5.82 Å². The van der Waals surface area contributed by atoms with Crippen LogP contribution in [0.25, 0.3) is 0 Å². The van der Waals surface area contributed by atoms with Gasteiger partial charge in [-0.05, 0) is 18.1 Å². The van der Waals surface area contributed by atoms with E-state index in [-0.39, 0.29) is 5.54 Å². The molecule has 0 unspecified atom stereocenters. The van der Waals surface area contributed by atoms with Crippen molar-refractivity contribution in [2.45, 2.75) is 38.8 Å². The smallest absolute Gasteiger partial charge is 0.188 e. The van der Waals surface area contributed by atoms with Crippen molar-refractivity contribution in [3.8, 4) is 0 Å². The van der Waals surface area contributed by atoms with Gasteiger partial charge in [-0.2, -0.15) is 4.80 Å². The maximum absolute atomic E-state index is 5.97. The first-order valence-corrected chi connectivity index (χ1v) is 5.73. The fraction of sp³-hybridized carbons (Fsp3) is 0.889. The molecule has 15 heavy (non-hydrogen) atoms. The lowest BCUT2D eigenvalue weighted by atomic mass is 9.95. The second kappa shape index (κ2) is 5.42. The number of halogens is 1. The highest BCUT2D eigenvalue weighted by Crippen LogP contribution is 2.17. The van der Waals surface area contributed by atoms with Crippen LogP contribution in [-0.2, 0) is 13.6 Å². The maximum atomic E-state index is 5.97. The molecule has 0 fully saturated rings. The van der Waals surface area contributed by atoms with E-state index >= 15 is 0 Å². The molecule has 1 rings (SSSR count). The molecule has 0 radical (unpaired) electrons. The molecule has 0 aromatic carbocycles. The average Bonchev–Trinajstić information content (AvgIpc) is 2.67. The number of aryl methyl sites for hydroxylation is 1. The summed E-state index contributed by atoms with van der Waals surface area (Å²) in [5, 5.41) is 15.2. The van der Waals surface area contributed by atoms with Crippen molar-refractivity contribution in [2.75, 3.05) is 5.88 Å². The summed E-state index contributed by atoms with van der Waals surface area (Å²) in [4.78, 5) is 1.46. The van der Waals surface area contributed by atoms with E-state index in [1.807, 2.05) is 0 Å². The summed E-state index contributed by atoms with van der Waals surface area (Å²) in [5.41, 5.74) is -0.0131. The minimum atomic E-state index is -0.0131. The lowest BCUT2D eigenvalue weighted by molar-refractivity contribution is 0.330. The minimum Gasteiger partial charge on any atom is -0.303 e. The lowest BCUT2D eigenvalue weighted by Gasteiger charge is -2.30. The monoisotopic (exact) mass is 231 g/mol. The van der Waals surface area contributed by atoms with E-state index in [0.29, 0.717) is 18.2 Å². The van der Waals surface area contributed by atoms with Gasteiger partial charge in [-0.15, -0.1) is 21.8 Å². The number of tetrazole rings is 1. The fourth-order valence-electron chi connectivity index (χ4n) is 1.40. The first-order chi connectivity index (χ1) is 7.15. The van der Waals surface area contributed by atoms with E-state index in [0.717, 1.165) is 12.8 Å². The van der Waals surface area contributed by atoms with Crippen LogP contribution in [0.5, 0.6) is 0 Å². The molecule has 1 aromatic heterocycles. The number of hydrogen-bond acceptors (Lipinski definition) is 4. The molecule has 0 amide bonds. The Morgan fingerprint density at radius 1 is 1.40 bits per heavy atom. The van der Waals surface area contributed by atoms with Crippen LogP contribution in [0.3, 0.4) is 0 Å². The van der Waals surface area contributed by atoms with Crippen molar-refractivity contribution in [1.82, 2.24) is 25.5 Å². The molecule has 0 atom stereocenters. The fourth-order valence-corrected chi connectivity index (χ4v) is 1.87. The predicted molar refractivity (Wildman–Crippen MR) is 59.7 cm³/mol. The average molecular weight is 232 g/mol. The highest BCUT2D eigenvalue weighted by atomic mass is 35.5. The van der Waals surface area contributed by atoms with Crippen LogP contribution in [-0.4, -0.2) is 31.6 Å². The summed E-state index contributed by atoms with van der Waals surface area (Å²) in [7, 11) is 1.75. The van der Waals surface area contributed by atoms with Crippen LogP contribution >= 0.6 is 11.6 Å². The third-order valence-electron chi connectivity index (χ3n) is 2.78. The van der Waals surface area contributed by atoms with Gasteiger partial charge in [0, 0.05) is 11.4 Å². The van der Waals surface area contributed by atoms with Crippen LogP contribution in [0.15, 0.2) is 0 Å². The molecule has 0 spiro atoms. The van der Waals surface area contributed by atoms with E-state index in [4.69, 9.17) is 11.6 Å². The van der Waals surface area contributed by atoms with Crippen LogP contribution in [0.1, 0.15) is 32.5 Å². The molecule has 0 bridgehead atoms. The van der Waals surface area contributed by atoms with Gasteiger partial charge in [0.05, 0.1) is 13.6 Å². The molecular formula is C9H18ClN5. The van der Waals surface area contributed by atoms with Crippen LogP contribution in [0.4, 0.5) is 0 Å². The molecule has 86 valence electrons. The van der Waals surface area contributed by atoms with Gasteiger partial charge in [-0.3, -0.25) is 0 Å². The highest BCUT2D eigenvalue weighted by Gasteiger charge is 2.24. The Bertz CT molecular complexity index is 286. The Hall–Kier alpha value is -0.680. The van der Waals surface area contributed by atoms with Crippen molar-refractivity contribution in [3.63, 3.8) is 0 Å². The maximum Gasteiger partial charge on any atom is 0.188 e. The number of alkyl halides is 1. The van der Waals surface area contributed by atoms with Crippen molar-refractivity contribution in [1.29, 1.82) is 0 Å². The van der Waals surface area contributed by atoms with Crippen LogP contribution in [0, 0.1) is 0 Å². The summed E-state index contributed by atoms with van der Waals surface area (Å²) in [6.45, 7) is 4.87. The zero-order chi connectivity index (χ0) is 11.3. The number of nitrogens with zero attached hydrogens (tertiary/aromatic N) is 4. The van der Waals surface area contributed by atoms with Gasteiger partial charge >= 0.3 is 0 Å². The number of aromatic nitrogens is 4. The first-order valence-electron chi connectivity index (χ1n) is 5.19. The molecule has 0 saturated heterocycles. The Balaban J connectivity index is 2.54. The van der Waals surface area contributed by atoms with Gasteiger partial charge in [0.25, 0.3) is 0 Å². The second-order valence-electron chi connectivity index (χ2n) is 3.67. The molecule has 0 aliphatic heterocycles. The zero-order valence-corrected chi connectivity index (χ0v) is 10.3. The van der Waals surface area contributed by atoms with Crippen molar-refractivity contribution < 1.29 is 0 Å². The predicted octanol–water partition coefficient (Wildman–Crippen LogP) is 1.10. The number of nitrogens with one attached hydrogen (secondary N) is 1. The molecule has 0 saturated carbocycles. The number of rotatable bonds is 6. The largest absolute Gasteiger partial charge is 0.303 e. The minimum absolute atomic E-state index is 0.0131. The molecule has 0 aliphatic carbocycles. The molecule has 1 heterocycles. The molecule has 1 N–H and O–H groups in total. The van der Waals surface area contributed by atoms with E-state index in [2.05, 4.69) is 34.6 Å². The zero-order valence-electron chi connectivity index (χ0n) is 9.50. The SMILES string of the molecule is CCC(CC)(CCl)NCc1nnn(C)n1. The van der Waals surface area contributed by atoms with E-state index in [1.54, 1.807) is 7.05 Å². The van der Waals surface area contributed by atoms with Gasteiger partial charge < -0.3 is 5.32 Å². The molecule has 1 aromatic rings.